The van der Waals surface area contributed by atoms with E-state index in [0.717, 1.165) is 0 Å². The van der Waals surface area contributed by atoms with E-state index in [1.54, 1.807) is 10.8 Å². The van der Waals surface area contributed by atoms with Crippen LogP contribution in [0.25, 0.3) is 0 Å². The third-order valence-corrected chi connectivity index (χ3v) is 1.84. The maximum Gasteiger partial charge on any atom is 0.352 e. The molecular formula is C7H8N4O2. The summed E-state index contributed by atoms with van der Waals surface area (Å²) in [6.07, 6.45) is 2.97. The van der Waals surface area contributed by atoms with Gasteiger partial charge in [0.25, 0.3) is 0 Å². The molecule has 1 aliphatic rings. The van der Waals surface area contributed by atoms with Crippen molar-refractivity contribution in [1.29, 1.82) is 0 Å². The third-order valence-electron chi connectivity index (χ3n) is 1.84. The number of aromatic nitrogens is 3. The number of hydrogen-bond donors (Lipinski definition) is 2. The molecule has 1 unspecified atom stereocenters. The van der Waals surface area contributed by atoms with Gasteiger partial charge in [0.15, 0.2) is 0 Å². The summed E-state index contributed by atoms with van der Waals surface area (Å²) in [5.41, 5.74) is 0.146. The Morgan fingerprint density at radius 2 is 2.54 bits per heavy atom. The number of anilines is 1. The highest BCUT2D eigenvalue weighted by molar-refractivity contribution is 5.90. The maximum atomic E-state index is 10.6. The molecule has 0 radical (unpaired) electrons. The fraction of sp³-hybridized carbons (Fsp3) is 0.286. The van der Waals surface area contributed by atoms with E-state index < -0.39 is 5.97 Å². The Morgan fingerprint density at radius 3 is 3.23 bits per heavy atom. The van der Waals surface area contributed by atoms with Gasteiger partial charge in [-0.2, -0.15) is 10.1 Å². The molecule has 0 aliphatic carbocycles. The van der Waals surface area contributed by atoms with Crippen LogP contribution in [0, 0.1) is 0 Å². The molecule has 13 heavy (non-hydrogen) atoms. The molecule has 0 amide bonds. The van der Waals surface area contributed by atoms with Gasteiger partial charge < -0.3 is 10.4 Å². The first-order valence-electron chi connectivity index (χ1n) is 3.80. The lowest BCUT2D eigenvalue weighted by Crippen LogP contribution is -2.22. The molecule has 6 heteroatoms. The monoisotopic (exact) mass is 180 g/mol. The van der Waals surface area contributed by atoms with E-state index in [-0.39, 0.29) is 11.7 Å². The molecule has 0 spiro atoms. The number of rotatable bonds is 1. The third kappa shape index (κ3) is 1.16. The van der Waals surface area contributed by atoms with Crippen molar-refractivity contribution < 1.29 is 9.90 Å². The smallest absolute Gasteiger partial charge is 0.352 e. The van der Waals surface area contributed by atoms with Crippen LogP contribution in [0.15, 0.2) is 18.1 Å². The number of nitrogens with zero attached hydrogens (tertiary/aromatic N) is 3. The van der Waals surface area contributed by atoms with Crippen LogP contribution in [-0.4, -0.2) is 25.8 Å². The highest BCUT2D eigenvalue weighted by atomic mass is 16.4. The Kier molecular flexibility index (Phi) is 1.54. The number of hydrogen-bond acceptors (Lipinski definition) is 4. The molecule has 68 valence electrons. The zero-order valence-corrected chi connectivity index (χ0v) is 6.93. The molecule has 1 atom stereocenters. The number of carboxylic acids is 1. The Hall–Kier alpha value is -1.85. The molecule has 2 N–H and O–H groups in total. The SMILES string of the molecule is CC1C=C(C(=O)O)Nc2ncnn21. The predicted octanol–water partition coefficient (Wildman–Crippen LogP) is 0.233. The summed E-state index contributed by atoms with van der Waals surface area (Å²) in [4.78, 5) is 14.5. The van der Waals surface area contributed by atoms with Gasteiger partial charge in [0, 0.05) is 0 Å². The summed E-state index contributed by atoms with van der Waals surface area (Å²) >= 11 is 0. The fourth-order valence-electron chi connectivity index (χ4n) is 1.24. The lowest BCUT2D eigenvalue weighted by Gasteiger charge is -2.18. The molecular weight excluding hydrogens is 172 g/mol. The van der Waals surface area contributed by atoms with E-state index in [1.807, 2.05) is 6.92 Å². The van der Waals surface area contributed by atoms with Gasteiger partial charge in [-0.25, -0.2) is 9.48 Å². The molecule has 0 aromatic carbocycles. The van der Waals surface area contributed by atoms with Crippen LogP contribution in [0.5, 0.6) is 0 Å². The largest absolute Gasteiger partial charge is 0.477 e. The molecule has 0 saturated carbocycles. The van der Waals surface area contributed by atoms with E-state index in [4.69, 9.17) is 5.11 Å². The zero-order valence-electron chi connectivity index (χ0n) is 6.93. The van der Waals surface area contributed by atoms with Crippen molar-refractivity contribution in [2.24, 2.45) is 0 Å². The number of aliphatic carboxylic acids is 1. The number of allylic oxidation sites excluding steroid dienone is 1. The van der Waals surface area contributed by atoms with Gasteiger partial charge in [-0.05, 0) is 13.0 Å². The normalized spacial score (nSPS) is 20.1. The van der Waals surface area contributed by atoms with E-state index in [2.05, 4.69) is 15.4 Å². The zero-order chi connectivity index (χ0) is 9.42. The molecule has 0 bridgehead atoms. The average Bonchev–Trinajstić information content (AvgIpc) is 2.51. The Bertz CT molecular complexity index is 382. The molecule has 0 fully saturated rings. The first-order valence-corrected chi connectivity index (χ1v) is 3.80. The number of carbonyl (C=O) groups is 1. The van der Waals surface area contributed by atoms with Gasteiger partial charge >= 0.3 is 5.97 Å². The molecule has 1 aromatic rings. The molecule has 1 aliphatic heterocycles. The molecule has 2 rings (SSSR count). The second kappa shape index (κ2) is 2.58. The van der Waals surface area contributed by atoms with E-state index in [9.17, 15) is 4.79 Å². The Morgan fingerprint density at radius 1 is 1.77 bits per heavy atom. The van der Waals surface area contributed by atoms with E-state index in [1.165, 1.54) is 6.33 Å². The first-order chi connectivity index (χ1) is 6.18. The standard InChI is InChI=1S/C7H8N4O2/c1-4-2-5(6(12)13)10-7-8-3-9-11(4)7/h2-4H,1H3,(H,12,13)(H,8,9,10). The van der Waals surface area contributed by atoms with Gasteiger partial charge in [0.2, 0.25) is 5.95 Å². The topological polar surface area (TPSA) is 80.0 Å². The second-order valence-corrected chi connectivity index (χ2v) is 2.78. The van der Waals surface area contributed by atoms with Crippen LogP contribution >= 0.6 is 0 Å². The molecule has 2 heterocycles. The lowest BCUT2D eigenvalue weighted by molar-refractivity contribution is -0.132. The average molecular weight is 180 g/mol. The summed E-state index contributed by atoms with van der Waals surface area (Å²) in [6.45, 7) is 1.85. The highest BCUT2D eigenvalue weighted by Crippen LogP contribution is 2.20. The number of fused-ring (bicyclic) bond motifs is 1. The predicted molar refractivity (Wildman–Crippen MR) is 44.1 cm³/mol. The van der Waals surface area contributed by atoms with Crippen molar-refractivity contribution in [1.82, 2.24) is 14.8 Å². The maximum absolute atomic E-state index is 10.6. The second-order valence-electron chi connectivity index (χ2n) is 2.78. The minimum absolute atomic E-state index is 0.0788. The van der Waals surface area contributed by atoms with Crippen molar-refractivity contribution >= 4 is 11.9 Å². The quantitative estimate of drug-likeness (QED) is 0.646. The van der Waals surface area contributed by atoms with Crippen molar-refractivity contribution in [3.63, 3.8) is 0 Å². The van der Waals surface area contributed by atoms with Gasteiger partial charge in [-0.3, -0.25) is 0 Å². The van der Waals surface area contributed by atoms with Gasteiger partial charge in [-0.1, -0.05) is 0 Å². The minimum Gasteiger partial charge on any atom is -0.477 e. The van der Waals surface area contributed by atoms with Crippen LogP contribution in [-0.2, 0) is 4.79 Å². The van der Waals surface area contributed by atoms with E-state index in [0.29, 0.717) is 5.95 Å². The summed E-state index contributed by atoms with van der Waals surface area (Å²) < 4.78 is 1.62. The summed E-state index contributed by atoms with van der Waals surface area (Å²) in [5.74, 6) is -0.520. The number of nitrogens with one attached hydrogen (secondary N) is 1. The fourth-order valence-corrected chi connectivity index (χ4v) is 1.24. The number of carboxylic acid groups (broad SMARTS) is 1. The summed E-state index contributed by atoms with van der Waals surface area (Å²) in [6, 6.07) is -0.0788. The van der Waals surface area contributed by atoms with Gasteiger partial charge in [-0.15, -0.1) is 0 Å². The molecule has 1 aromatic heterocycles. The van der Waals surface area contributed by atoms with Gasteiger partial charge in [0.1, 0.15) is 12.0 Å². The van der Waals surface area contributed by atoms with Crippen molar-refractivity contribution in [2.75, 3.05) is 5.32 Å². The van der Waals surface area contributed by atoms with Crippen LogP contribution in [0.2, 0.25) is 0 Å². The van der Waals surface area contributed by atoms with Crippen molar-refractivity contribution in [3.05, 3.63) is 18.1 Å². The Balaban J connectivity index is 2.39. The summed E-state index contributed by atoms with van der Waals surface area (Å²) in [7, 11) is 0. The van der Waals surface area contributed by atoms with Crippen LogP contribution in [0.1, 0.15) is 13.0 Å². The minimum atomic E-state index is -0.985. The Labute approximate surface area is 73.9 Å². The molecule has 6 nitrogen and oxygen atoms in total. The van der Waals surface area contributed by atoms with E-state index >= 15 is 0 Å². The highest BCUT2D eigenvalue weighted by Gasteiger charge is 2.20. The van der Waals surface area contributed by atoms with Crippen LogP contribution in [0.4, 0.5) is 5.95 Å². The lowest BCUT2D eigenvalue weighted by atomic mass is 10.2. The van der Waals surface area contributed by atoms with Crippen molar-refractivity contribution in [3.8, 4) is 0 Å². The first kappa shape index (κ1) is 7.78. The van der Waals surface area contributed by atoms with Gasteiger partial charge in [0.05, 0.1) is 6.04 Å². The summed E-state index contributed by atoms with van der Waals surface area (Å²) in [5, 5.41) is 15.3. The molecule has 0 saturated heterocycles. The van der Waals surface area contributed by atoms with Crippen LogP contribution < -0.4 is 5.32 Å². The van der Waals surface area contributed by atoms with Crippen LogP contribution in [0.3, 0.4) is 0 Å². The van der Waals surface area contributed by atoms with Crippen molar-refractivity contribution in [2.45, 2.75) is 13.0 Å².